The van der Waals surface area contributed by atoms with Crippen molar-refractivity contribution in [2.24, 2.45) is 0 Å². The first-order valence-corrected chi connectivity index (χ1v) is 9.45. The fraction of sp³-hybridized carbons (Fsp3) is 0.125. The number of carbonyl (C=O) groups is 1. The molecule has 144 valence electrons. The summed E-state index contributed by atoms with van der Waals surface area (Å²) in [5.74, 6) is -0.258. The van der Waals surface area contributed by atoms with E-state index in [0.29, 0.717) is 12.1 Å². The molecule has 0 saturated heterocycles. The van der Waals surface area contributed by atoms with Crippen molar-refractivity contribution in [3.05, 3.63) is 112 Å². The Kier molecular flexibility index (Phi) is 5.59. The van der Waals surface area contributed by atoms with E-state index in [1.54, 1.807) is 24.4 Å². The van der Waals surface area contributed by atoms with E-state index in [2.05, 4.69) is 10.3 Å². The number of rotatable bonds is 7. The molecule has 4 aromatic rings. The molecule has 0 amide bonds. The van der Waals surface area contributed by atoms with Crippen LogP contribution in [0, 0.1) is 0 Å². The van der Waals surface area contributed by atoms with E-state index in [0.717, 1.165) is 16.6 Å². The molecule has 1 N–H and O–H groups in total. The maximum Gasteiger partial charge on any atom is 0.347 e. The molecule has 1 atom stereocenters. The van der Waals surface area contributed by atoms with Crippen LogP contribution in [0.2, 0.25) is 0 Å². The Morgan fingerprint density at radius 2 is 1.72 bits per heavy atom. The Bertz CT molecular complexity index is 1170. The first-order chi connectivity index (χ1) is 14.2. The van der Waals surface area contributed by atoms with Crippen LogP contribution in [0.15, 0.2) is 94.3 Å². The molecule has 2 aromatic carbocycles. The first-order valence-electron chi connectivity index (χ1n) is 9.45. The molecule has 0 saturated carbocycles. The number of aromatic nitrogens is 1. The van der Waals surface area contributed by atoms with Crippen molar-refractivity contribution in [2.75, 3.05) is 0 Å². The number of pyridine rings is 1. The Morgan fingerprint density at radius 1 is 0.966 bits per heavy atom. The van der Waals surface area contributed by atoms with E-state index in [1.807, 2.05) is 60.7 Å². The summed E-state index contributed by atoms with van der Waals surface area (Å²) in [5.41, 5.74) is 1.80. The lowest BCUT2D eigenvalue weighted by Gasteiger charge is -2.18. The van der Waals surface area contributed by atoms with Gasteiger partial charge in [0.1, 0.15) is 11.1 Å². The second-order valence-electron chi connectivity index (χ2n) is 6.78. The third kappa shape index (κ3) is 4.47. The van der Waals surface area contributed by atoms with Crippen molar-refractivity contribution in [3.8, 4) is 0 Å². The second kappa shape index (κ2) is 8.63. The fourth-order valence-electron chi connectivity index (χ4n) is 3.28. The van der Waals surface area contributed by atoms with E-state index in [1.165, 1.54) is 0 Å². The molecule has 0 radical (unpaired) electrons. The molecule has 0 bridgehead atoms. The average molecular weight is 384 g/mol. The van der Waals surface area contributed by atoms with E-state index >= 15 is 0 Å². The van der Waals surface area contributed by atoms with Crippen LogP contribution in [-0.4, -0.2) is 10.8 Å². The average Bonchev–Trinajstić information content (AvgIpc) is 2.77. The Balaban J connectivity index is 1.59. The van der Waals surface area contributed by atoms with Gasteiger partial charge in [-0.2, -0.15) is 0 Å². The number of nitrogens with zero attached hydrogens (tertiary/aromatic N) is 1. The standard InChI is InChI=1S/C24H20N2O3/c27-22(20-14-18-10-4-5-12-23(18)29-24(20)28)15-21(17-8-2-1-3-9-17)26-16-19-11-6-7-13-25-19/h1-14,21,26H,15-16H2/t21-/m1/s1. The van der Waals surface area contributed by atoms with Gasteiger partial charge < -0.3 is 9.73 Å². The number of benzene rings is 2. The number of fused-ring (bicyclic) bond motifs is 1. The minimum absolute atomic E-state index is 0.0734. The summed E-state index contributed by atoms with van der Waals surface area (Å²) in [7, 11) is 0. The lowest BCUT2D eigenvalue weighted by molar-refractivity contribution is 0.0964. The van der Waals surface area contributed by atoms with Crippen LogP contribution < -0.4 is 10.9 Å². The highest BCUT2D eigenvalue weighted by atomic mass is 16.4. The van der Waals surface area contributed by atoms with E-state index < -0.39 is 5.63 Å². The second-order valence-corrected chi connectivity index (χ2v) is 6.78. The van der Waals surface area contributed by atoms with Gasteiger partial charge in [-0.15, -0.1) is 0 Å². The van der Waals surface area contributed by atoms with Crippen LogP contribution in [0.4, 0.5) is 0 Å². The van der Waals surface area contributed by atoms with Crippen molar-refractivity contribution in [3.63, 3.8) is 0 Å². The van der Waals surface area contributed by atoms with E-state index in [4.69, 9.17) is 4.42 Å². The van der Waals surface area contributed by atoms with Crippen molar-refractivity contribution in [1.29, 1.82) is 0 Å². The molecule has 2 aromatic heterocycles. The predicted octanol–water partition coefficient (Wildman–Crippen LogP) is 4.29. The summed E-state index contributed by atoms with van der Waals surface area (Å²) >= 11 is 0. The zero-order valence-corrected chi connectivity index (χ0v) is 15.7. The van der Waals surface area contributed by atoms with Gasteiger partial charge >= 0.3 is 5.63 Å². The smallest absolute Gasteiger partial charge is 0.347 e. The van der Waals surface area contributed by atoms with Crippen LogP contribution in [0.25, 0.3) is 11.0 Å². The van der Waals surface area contributed by atoms with Gasteiger partial charge in [0.05, 0.1) is 5.69 Å². The topological polar surface area (TPSA) is 72.2 Å². The molecule has 2 heterocycles. The Labute approximate surface area is 168 Å². The molecule has 0 aliphatic heterocycles. The van der Waals surface area contributed by atoms with E-state index in [9.17, 15) is 9.59 Å². The maximum atomic E-state index is 13.0. The Morgan fingerprint density at radius 3 is 2.52 bits per heavy atom. The SMILES string of the molecule is O=C(C[C@@H](NCc1ccccn1)c1ccccc1)c1cc2ccccc2oc1=O. The predicted molar refractivity (Wildman–Crippen MR) is 112 cm³/mol. The van der Waals surface area contributed by atoms with Crippen LogP contribution in [0.1, 0.15) is 34.1 Å². The maximum absolute atomic E-state index is 13.0. The lowest BCUT2D eigenvalue weighted by Crippen LogP contribution is -2.26. The molecule has 0 aliphatic carbocycles. The van der Waals surface area contributed by atoms with Crippen LogP contribution >= 0.6 is 0 Å². The van der Waals surface area contributed by atoms with Crippen molar-refractivity contribution in [1.82, 2.24) is 10.3 Å². The van der Waals surface area contributed by atoms with Crippen molar-refractivity contribution in [2.45, 2.75) is 19.0 Å². The summed E-state index contributed by atoms with van der Waals surface area (Å²) in [6.45, 7) is 0.514. The highest BCUT2D eigenvalue weighted by Crippen LogP contribution is 2.21. The van der Waals surface area contributed by atoms with Crippen LogP contribution in [0.5, 0.6) is 0 Å². The first kappa shape index (κ1) is 18.8. The number of nitrogens with one attached hydrogen (secondary N) is 1. The molecule has 29 heavy (non-hydrogen) atoms. The van der Waals surface area contributed by atoms with Gasteiger partial charge in [-0.1, -0.05) is 54.6 Å². The molecular weight excluding hydrogens is 364 g/mol. The number of para-hydroxylation sites is 1. The molecule has 0 unspecified atom stereocenters. The quantitative estimate of drug-likeness (QED) is 0.380. The van der Waals surface area contributed by atoms with E-state index in [-0.39, 0.29) is 23.8 Å². The normalized spacial score (nSPS) is 12.0. The molecule has 5 nitrogen and oxygen atoms in total. The summed E-state index contributed by atoms with van der Waals surface area (Å²) in [6, 6.07) is 24.0. The fourth-order valence-corrected chi connectivity index (χ4v) is 3.28. The third-order valence-corrected chi connectivity index (χ3v) is 4.79. The molecular formula is C24H20N2O3. The van der Waals surface area contributed by atoms with Crippen LogP contribution in [-0.2, 0) is 6.54 Å². The van der Waals surface area contributed by atoms with Gasteiger partial charge in [0.25, 0.3) is 0 Å². The van der Waals surface area contributed by atoms with Crippen LogP contribution in [0.3, 0.4) is 0 Å². The number of carbonyl (C=O) groups excluding carboxylic acids is 1. The third-order valence-electron chi connectivity index (χ3n) is 4.79. The van der Waals surface area contributed by atoms with Gasteiger partial charge in [-0.3, -0.25) is 9.78 Å². The van der Waals surface area contributed by atoms with Gasteiger partial charge in [0, 0.05) is 30.6 Å². The summed E-state index contributed by atoms with van der Waals surface area (Å²) in [5, 5.41) is 4.12. The summed E-state index contributed by atoms with van der Waals surface area (Å²) < 4.78 is 5.32. The largest absolute Gasteiger partial charge is 0.422 e. The highest BCUT2D eigenvalue weighted by Gasteiger charge is 2.20. The molecule has 0 spiro atoms. The number of Topliss-reactive ketones (excluding diaryl/α,β-unsaturated/α-hetero) is 1. The molecule has 0 fully saturated rings. The summed E-state index contributed by atoms with van der Waals surface area (Å²) in [4.78, 5) is 29.7. The lowest BCUT2D eigenvalue weighted by atomic mass is 9.98. The molecule has 0 aliphatic rings. The monoisotopic (exact) mass is 384 g/mol. The van der Waals surface area contributed by atoms with Crippen molar-refractivity contribution < 1.29 is 9.21 Å². The molecule has 4 rings (SSSR count). The number of hydrogen-bond donors (Lipinski definition) is 1. The highest BCUT2D eigenvalue weighted by molar-refractivity contribution is 5.98. The van der Waals surface area contributed by atoms with Crippen molar-refractivity contribution >= 4 is 16.8 Å². The Hall–Kier alpha value is -3.57. The van der Waals surface area contributed by atoms with Gasteiger partial charge in [-0.25, -0.2) is 4.79 Å². The minimum atomic E-state index is -0.606. The van der Waals surface area contributed by atoms with Gasteiger partial charge in [0.15, 0.2) is 5.78 Å². The van der Waals surface area contributed by atoms with Gasteiger partial charge in [0.2, 0.25) is 0 Å². The zero-order chi connectivity index (χ0) is 20.1. The van der Waals surface area contributed by atoms with Gasteiger partial charge in [-0.05, 0) is 29.8 Å². The minimum Gasteiger partial charge on any atom is -0.422 e. The summed E-state index contributed by atoms with van der Waals surface area (Å²) in [6.07, 6.45) is 1.87. The number of hydrogen-bond acceptors (Lipinski definition) is 5. The molecule has 5 heteroatoms. The number of ketones is 1. The zero-order valence-electron chi connectivity index (χ0n) is 15.7.